The van der Waals surface area contributed by atoms with Gasteiger partial charge in [0.1, 0.15) is 39.6 Å². The van der Waals surface area contributed by atoms with Crippen molar-refractivity contribution in [1.29, 1.82) is 0 Å². The maximum Gasteiger partial charge on any atom is 0.362 e. The zero-order chi connectivity index (χ0) is 39.7. The zero-order valence-electron chi connectivity index (χ0n) is 31.0. The molecule has 17 heteroatoms. The lowest BCUT2D eigenvalue weighted by atomic mass is 9.77. The Labute approximate surface area is 340 Å². The van der Waals surface area contributed by atoms with Crippen LogP contribution in [0, 0.1) is 6.92 Å². The number of aryl methyl sites for hydroxylation is 1. The number of carbonyl (C=O) groups is 3. The maximum absolute atomic E-state index is 14.0. The highest BCUT2D eigenvalue weighted by atomic mass is 32.2. The summed E-state index contributed by atoms with van der Waals surface area (Å²) in [5.74, 6) is -2.03. The molecule has 2 aliphatic heterocycles. The van der Waals surface area contributed by atoms with Gasteiger partial charge in [0.2, 0.25) is 5.91 Å². The van der Waals surface area contributed by atoms with E-state index in [1.54, 1.807) is 33.1 Å². The molecule has 0 aliphatic carbocycles. The standard InChI is InChI=1S/C39H39N7O6S4/c1-23-43-44-36(55-23)56-34-39(50,33(49)52-37(2,3)4)46-28(22-53-34)30(32(46)48)41-31(47)29(45-51-5)27-21-54-35(40-27)42-38(24-15-9-6-10-16-24,25-17-11-7-12-18-25)26-19-13-8-14-20-26/h6-21,28,30,34,50H,22H2,1-5H3,(H,40,42)(H,41,47). The number of amides is 2. The highest BCUT2D eigenvalue weighted by Gasteiger charge is 2.67. The normalized spacial score (nSPS) is 21.1. The number of oxime groups is 1. The first kappa shape index (κ1) is 39.4. The molecule has 2 aromatic heterocycles. The molecule has 7 rings (SSSR count). The second kappa shape index (κ2) is 16.0. The number of ether oxygens (including phenoxy) is 1. The molecule has 56 heavy (non-hydrogen) atoms. The van der Waals surface area contributed by atoms with Crippen LogP contribution in [0.25, 0.3) is 0 Å². The predicted octanol–water partition coefficient (Wildman–Crippen LogP) is 5.65. The molecule has 13 nitrogen and oxygen atoms in total. The van der Waals surface area contributed by atoms with Crippen molar-refractivity contribution in [2.45, 2.75) is 65.6 Å². The lowest BCUT2D eigenvalue weighted by Gasteiger charge is -2.58. The Morgan fingerprint density at radius 1 is 0.964 bits per heavy atom. The molecule has 0 spiro atoms. The molecule has 4 atom stereocenters. The third-order valence-electron chi connectivity index (χ3n) is 9.09. The van der Waals surface area contributed by atoms with Gasteiger partial charge in [-0.15, -0.1) is 33.3 Å². The molecule has 2 saturated heterocycles. The number of thioether (sulfide) groups is 2. The first-order valence-corrected chi connectivity index (χ1v) is 21.2. The first-order valence-electron chi connectivity index (χ1n) is 17.5. The molecule has 4 heterocycles. The fraction of sp³-hybridized carbons (Fsp3) is 0.308. The summed E-state index contributed by atoms with van der Waals surface area (Å²) in [6.07, 6.45) is 0. The van der Waals surface area contributed by atoms with Gasteiger partial charge in [0.25, 0.3) is 11.6 Å². The van der Waals surface area contributed by atoms with Crippen LogP contribution >= 0.6 is 46.2 Å². The van der Waals surface area contributed by atoms with Gasteiger partial charge in [-0.05, 0) is 44.4 Å². The van der Waals surface area contributed by atoms with Crippen LogP contribution < -0.4 is 10.6 Å². The van der Waals surface area contributed by atoms with Gasteiger partial charge in [0.15, 0.2) is 15.2 Å². The number of hydrogen-bond acceptors (Lipinski definition) is 15. The van der Waals surface area contributed by atoms with Crippen molar-refractivity contribution in [2.24, 2.45) is 5.16 Å². The number of anilines is 1. The quantitative estimate of drug-likeness (QED) is 0.0466. The molecule has 0 saturated carbocycles. The average molecular weight is 830 g/mol. The number of thiazole rings is 1. The second-order valence-electron chi connectivity index (χ2n) is 14.0. The fourth-order valence-corrected chi connectivity index (χ4v) is 11.5. The molecule has 3 aromatic carbocycles. The van der Waals surface area contributed by atoms with E-state index in [4.69, 9.17) is 14.6 Å². The highest BCUT2D eigenvalue weighted by molar-refractivity contribution is 8.17. The topological polar surface area (TPSA) is 168 Å². The molecule has 0 radical (unpaired) electrons. The molecule has 5 aromatic rings. The number of fused-ring (bicyclic) bond motifs is 1. The highest BCUT2D eigenvalue weighted by Crippen LogP contribution is 2.50. The summed E-state index contributed by atoms with van der Waals surface area (Å²) in [6, 6.07) is 28.3. The SMILES string of the molecule is CON=C(C(=O)NC1C(=O)N2C1CSC(Sc1nnc(C)s1)C2(O)C(=O)OC(C)(C)C)c1csc(NC(c2ccccc2)(c2ccccc2)c2ccccc2)n1. The molecule has 2 fully saturated rings. The number of aliphatic hydroxyl groups is 1. The number of esters is 1. The molecule has 3 N–H and O–H groups in total. The van der Waals surface area contributed by atoms with Crippen molar-refractivity contribution >= 4 is 74.8 Å². The summed E-state index contributed by atoms with van der Waals surface area (Å²) in [5.41, 5.74) is -1.18. The Hall–Kier alpha value is -4.81. The van der Waals surface area contributed by atoms with Crippen LogP contribution in [0.5, 0.6) is 0 Å². The van der Waals surface area contributed by atoms with Crippen LogP contribution in [0.15, 0.2) is 106 Å². The molecule has 2 aliphatic rings. The molecular weight excluding hydrogens is 791 g/mol. The van der Waals surface area contributed by atoms with Crippen molar-refractivity contribution in [3.8, 4) is 0 Å². The Kier molecular flexibility index (Phi) is 11.2. The van der Waals surface area contributed by atoms with Gasteiger partial charge in [0, 0.05) is 11.1 Å². The van der Waals surface area contributed by atoms with Crippen LogP contribution in [-0.4, -0.2) is 89.5 Å². The monoisotopic (exact) mass is 829 g/mol. The first-order chi connectivity index (χ1) is 26.8. The van der Waals surface area contributed by atoms with Crippen LogP contribution in [0.1, 0.15) is 48.2 Å². The van der Waals surface area contributed by atoms with Crippen molar-refractivity contribution < 1.29 is 29.1 Å². The molecular formula is C39H39N7O6S4. The number of rotatable bonds is 12. The second-order valence-corrected chi connectivity index (χ2v) is 18.8. The van der Waals surface area contributed by atoms with Gasteiger partial charge in [0.05, 0.1) is 6.04 Å². The van der Waals surface area contributed by atoms with Crippen LogP contribution in [0.4, 0.5) is 5.13 Å². The summed E-state index contributed by atoms with van der Waals surface area (Å²) < 4.78 is 5.30. The van der Waals surface area contributed by atoms with E-state index in [1.807, 2.05) is 54.6 Å². The largest absolute Gasteiger partial charge is 0.456 e. The van der Waals surface area contributed by atoms with Crippen molar-refractivity contribution in [3.05, 3.63) is 124 Å². The van der Waals surface area contributed by atoms with Gasteiger partial charge in [-0.3, -0.25) is 14.5 Å². The van der Waals surface area contributed by atoms with Crippen LogP contribution in [-0.2, 0) is 29.5 Å². The van der Waals surface area contributed by atoms with E-state index in [0.717, 1.165) is 33.4 Å². The van der Waals surface area contributed by atoms with E-state index < -0.39 is 51.3 Å². The molecule has 0 bridgehead atoms. The van der Waals surface area contributed by atoms with E-state index in [2.05, 4.69) is 62.4 Å². The minimum atomic E-state index is -2.36. The van der Waals surface area contributed by atoms with E-state index in [1.165, 1.54) is 41.5 Å². The van der Waals surface area contributed by atoms with Gasteiger partial charge < -0.3 is 25.3 Å². The van der Waals surface area contributed by atoms with E-state index >= 15 is 0 Å². The molecule has 2 amide bonds. The number of carbonyl (C=O) groups excluding carboxylic acids is 3. The minimum Gasteiger partial charge on any atom is -0.456 e. The lowest BCUT2D eigenvalue weighted by Crippen LogP contribution is -2.83. The summed E-state index contributed by atoms with van der Waals surface area (Å²) in [6.45, 7) is 6.84. The summed E-state index contributed by atoms with van der Waals surface area (Å²) >= 11 is 5.01. The van der Waals surface area contributed by atoms with Crippen molar-refractivity contribution in [3.63, 3.8) is 0 Å². The Balaban J connectivity index is 1.15. The van der Waals surface area contributed by atoms with Crippen LogP contribution in [0.2, 0.25) is 0 Å². The van der Waals surface area contributed by atoms with Gasteiger partial charge in [-0.25, -0.2) is 9.78 Å². The van der Waals surface area contributed by atoms with Crippen molar-refractivity contribution in [2.75, 3.05) is 18.2 Å². The lowest BCUT2D eigenvalue weighted by molar-refractivity contribution is -0.217. The Morgan fingerprint density at radius 2 is 1.55 bits per heavy atom. The predicted molar refractivity (Wildman–Crippen MR) is 219 cm³/mol. The van der Waals surface area contributed by atoms with Crippen molar-refractivity contribution in [1.82, 2.24) is 25.4 Å². The van der Waals surface area contributed by atoms with E-state index in [0.29, 0.717) is 20.2 Å². The Morgan fingerprint density at radius 3 is 2.07 bits per heavy atom. The third kappa shape index (κ3) is 7.53. The third-order valence-corrected chi connectivity index (χ3v) is 13.7. The zero-order valence-corrected chi connectivity index (χ0v) is 34.3. The van der Waals surface area contributed by atoms with Gasteiger partial charge in [-0.1, -0.05) is 119 Å². The number of nitrogens with one attached hydrogen (secondary N) is 2. The van der Waals surface area contributed by atoms with Gasteiger partial charge in [-0.2, -0.15) is 0 Å². The van der Waals surface area contributed by atoms with Gasteiger partial charge >= 0.3 is 5.97 Å². The summed E-state index contributed by atoms with van der Waals surface area (Å²) in [5, 5.41) is 33.7. The number of benzene rings is 3. The Bertz CT molecular complexity index is 2140. The van der Waals surface area contributed by atoms with E-state index in [9.17, 15) is 19.5 Å². The summed E-state index contributed by atoms with van der Waals surface area (Å²) in [4.78, 5) is 52.6. The number of nitrogens with zero attached hydrogens (tertiary/aromatic N) is 5. The minimum absolute atomic E-state index is 0.154. The average Bonchev–Trinajstić information content (AvgIpc) is 3.83. The maximum atomic E-state index is 14.0. The molecule has 4 unspecified atom stereocenters. The molecule has 290 valence electrons. The number of hydrogen-bond donors (Lipinski definition) is 3. The van der Waals surface area contributed by atoms with Crippen LogP contribution in [0.3, 0.4) is 0 Å². The number of aromatic nitrogens is 3. The number of β-lactam (4-membered cyclic amide) rings is 1. The smallest absolute Gasteiger partial charge is 0.362 e. The fourth-order valence-electron chi connectivity index (χ4n) is 6.68. The summed E-state index contributed by atoms with van der Waals surface area (Å²) in [7, 11) is 1.32. The van der Waals surface area contributed by atoms with E-state index in [-0.39, 0.29) is 11.4 Å².